The van der Waals surface area contributed by atoms with Crippen molar-refractivity contribution in [2.24, 2.45) is 5.92 Å². The Balaban J connectivity index is 1.82. The Hall–Kier alpha value is -1.03. The minimum Gasteiger partial charge on any atom is -0.447 e. The van der Waals surface area contributed by atoms with Crippen LogP contribution in [0.5, 0.6) is 6.08 Å². The average molecular weight is 252 g/mol. The molecule has 1 saturated carbocycles. The van der Waals surface area contributed by atoms with Gasteiger partial charge in [-0.1, -0.05) is 20.3 Å². The highest BCUT2D eigenvalue weighted by atomic mass is 16.6. The van der Waals surface area contributed by atoms with Crippen molar-refractivity contribution in [3.63, 3.8) is 0 Å². The Morgan fingerprint density at radius 1 is 1.44 bits per heavy atom. The summed E-state index contributed by atoms with van der Waals surface area (Å²) in [4.78, 5) is 4.36. The van der Waals surface area contributed by atoms with Gasteiger partial charge in [-0.3, -0.25) is 0 Å². The first-order chi connectivity index (χ1) is 8.79. The van der Waals surface area contributed by atoms with E-state index < -0.39 is 0 Å². The van der Waals surface area contributed by atoms with Crippen LogP contribution >= 0.6 is 0 Å². The third-order valence-corrected chi connectivity index (χ3v) is 3.55. The van der Waals surface area contributed by atoms with E-state index in [0.29, 0.717) is 12.0 Å². The molecule has 1 aromatic heterocycles. The van der Waals surface area contributed by atoms with Crippen molar-refractivity contribution in [3.05, 3.63) is 12.0 Å². The van der Waals surface area contributed by atoms with E-state index in [4.69, 9.17) is 9.15 Å². The Kier molecular flexibility index (Phi) is 5.05. The van der Waals surface area contributed by atoms with Gasteiger partial charge in [0.2, 0.25) is 0 Å². The smallest absolute Gasteiger partial charge is 0.394 e. The highest BCUT2D eigenvalue weighted by Gasteiger charge is 2.24. The summed E-state index contributed by atoms with van der Waals surface area (Å²) in [5.74, 6) is 0.604. The summed E-state index contributed by atoms with van der Waals surface area (Å²) in [7, 11) is 0. The van der Waals surface area contributed by atoms with Crippen molar-refractivity contribution in [1.29, 1.82) is 0 Å². The summed E-state index contributed by atoms with van der Waals surface area (Å²) < 4.78 is 11.2. The van der Waals surface area contributed by atoms with Gasteiger partial charge in [-0.15, -0.1) is 0 Å². The highest BCUT2D eigenvalue weighted by molar-refractivity contribution is 5.00. The molecular weight excluding hydrogens is 228 g/mol. The molecule has 2 rings (SSSR count). The first-order valence-electron chi connectivity index (χ1n) is 7.11. The molecule has 1 heterocycles. The minimum atomic E-state index is 0.272. The minimum absolute atomic E-state index is 0.272. The molecule has 0 radical (unpaired) electrons. The van der Waals surface area contributed by atoms with Crippen LogP contribution in [0.4, 0.5) is 0 Å². The number of oxazole rings is 1. The molecule has 1 aliphatic carbocycles. The largest absolute Gasteiger partial charge is 0.447 e. The summed E-state index contributed by atoms with van der Waals surface area (Å²) in [6.07, 6.45) is 8.45. The average Bonchev–Trinajstić information content (AvgIpc) is 2.80. The van der Waals surface area contributed by atoms with Crippen LogP contribution < -0.4 is 10.1 Å². The van der Waals surface area contributed by atoms with Gasteiger partial charge in [0.15, 0.2) is 0 Å². The topological polar surface area (TPSA) is 47.3 Å². The SMILES string of the molecule is CCCNCc1coc(OC2CCCCC2C)n1. The maximum atomic E-state index is 5.85. The highest BCUT2D eigenvalue weighted by Crippen LogP contribution is 2.27. The van der Waals surface area contributed by atoms with Gasteiger partial charge >= 0.3 is 6.08 Å². The lowest BCUT2D eigenvalue weighted by atomic mass is 9.88. The predicted molar refractivity (Wildman–Crippen MR) is 70.5 cm³/mol. The van der Waals surface area contributed by atoms with Gasteiger partial charge in [0.25, 0.3) is 0 Å². The van der Waals surface area contributed by atoms with Crippen molar-refractivity contribution in [2.75, 3.05) is 6.54 Å². The summed E-state index contributed by atoms with van der Waals surface area (Å²) in [5.41, 5.74) is 0.918. The zero-order chi connectivity index (χ0) is 12.8. The third kappa shape index (κ3) is 3.73. The molecule has 2 unspecified atom stereocenters. The number of rotatable bonds is 6. The molecule has 2 atom stereocenters. The Labute approximate surface area is 109 Å². The third-order valence-electron chi connectivity index (χ3n) is 3.55. The van der Waals surface area contributed by atoms with Gasteiger partial charge in [0, 0.05) is 6.54 Å². The van der Waals surface area contributed by atoms with E-state index in [1.807, 2.05) is 0 Å². The van der Waals surface area contributed by atoms with Crippen LogP contribution in [0, 0.1) is 5.92 Å². The number of nitrogens with zero attached hydrogens (tertiary/aromatic N) is 1. The van der Waals surface area contributed by atoms with Crippen LogP contribution in [0.15, 0.2) is 10.7 Å². The molecule has 0 amide bonds. The molecule has 4 nitrogen and oxygen atoms in total. The molecule has 0 aromatic carbocycles. The quantitative estimate of drug-likeness (QED) is 0.790. The summed E-state index contributed by atoms with van der Waals surface area (Å²) >= 11 is 0. The van der Waals surface area contributed by atoms with E-state index in [9.17, 15) is 0 Å². The lowest BCUT2D eigenvalue weighted by Gasteiger charge is -2.27. The number of nitrogens with one attached hydrogen (secondary N) is 1. The van der Waals surface area contributed by atoms with E-state index >= 15 is 0 Å². The van der Waals surface area contributed by atoms with Crippen LogP contribution in [-0.4, -0.2) is 17.6 Å². The molecular formula is C14H24N2O2. The van der Waals surface area contributed by atoms with Crippen molar-refractivity contribution in [3.8, 4) is 6.08 Å². The van der Waals surface area contributed by atoms with Crippen LogP contribution in [0.3, 0.4) is 0 Å². The van der Waals surface area contributed by atoms with Crippen molar-refractivity contribution < 1.29 is 9.15 Å². The molecule has 1 aliphatic rings. The fourth-order valence-corrected chi connectivity index (χ4v) is 2.40. The van der Waals surface area contributed by atoms with Gasteiger partial charge < -0.3 is 14.5 Å². The van der Waals surface area contributed by atoms with Gasteiger partial charge in [-0.25, -0.2) is 0 Å². The fourth-order valence-electron chi connectivity index (χ4n) is 2.40. The van der Waals surface area contributed by atoms with E-state index in [2.05, 4.69) is 24.1 Å². The molecule has 4 heteroatoms. The Morgan fingerprint density at radius 2 is 2.28 bits per heavy atom. The van der Waals surface area contributed by atoms with Crippen LogP contribution in [0.2, 0.25) is 0 Å². The molecule has 1 fully saturated rings. The summed E-state index contributed by atoms with van der Waals surface area (Å²) in [6.45, 7) is 6.15. The van der Waals surface area contributed by atoms with Gasteiger partial charge in [0.05, 0.1) is 5.69 Å². The Bertz CT molecular complexity index is 351. The zero-order valence-electron chi connectivity index (χ0n) is 11.4. The molecule has 1 N–H and O–H groups in total. The number of aromatic nitrogens is 1. The lowest BCUT2D eigenvalue weighted by Crippen LogP contribution is -2.28. The molecule has 0 saturated heterocycles. The van der Waals surface area contributed by atoms with Gasteiger partial charge in [0.1, 0.15) is 12.4 Å². The monoisotopic (exact) mass is 252 g/mol. The zero-order valence-corrected chi connectivity index (χ0v) is 11.4. The second-order valence-corrected chi connectivity index (χ2v) is 5.20. The molecule has 0 aliphatic heterocycles. The first kappa shape index (κ1) is 13.4. The van der Waals surface area contributed by atoms with Crippen LogP contribution in [-0.2, 0) is 6.54 Å². The van der Waals surface area contributed by atoms with Crippen molar-refractivity contribution in [2.45, 2.75) is 58.6 Å². The number of hydrogen-bond acceptors (Lipinski definition) is 4. The Morgan fingerprint density at radius 3 is 3.06 bits per heavy atom. The van der Waals surface area contributed by atoms with Crippen LogP contribution in [0.25, 0.3) is 0 Å². The predicted octanol–water partition coefficient (Wildman–Crippen LogP) is 3.13. The molecule has 18 heavy (non-hydrogen) atoms. The molecule has 102 valence electrons. The standard InChI is InChI=1S/C14H24N2O2/c1-3-8-15-9-12-10-17-14(16-12)18-13-7-5-4-6-11(13)2/h10-11,13,15H,3-9H2,1-2H3. The number of ether oxygens (including phenoxy) is 1. The summed E-state index contributed by atoms with van der Waals surface area (Å²) in [5, 5.41) is 3.30. The van der Waals surface area contributed by atoms with Gasteiger partial charge in [-0.2, -0.15) is 4.98 Å². The van der Waals surface area contributed by atoms with E-state index in [1.165, 1.54) is 19.3 Å². The maximum Gasteiger partial charge on any atom is 0.394 e. The number of hydrogen-bond donors (Lipinski definition) is 1. The van der Waals surface area contributed by atoms with Crippen LogP contribution in [0.1, 0.15) is 51.6 Å². The second-order valence-electron chi connectivity index (χ2n) is 5.20. The molecule has 0 spiro atoms. The fraction of sp³-hybridized carbons (Fsp3) is 0.786. The second kappa shape index (κ2) is 6.78. The van der Waals surface area contributed by atoms with Crippen molar-refractivity contribution in [1.82, 2.24) is 10.3 Å². The van der Waals surface area contributed by atoms with E-state index in [0.717, 1.165) is 31.6 Å². The summed E-state index contributed by atoms with van der Waals surface area (Å²) in [6, 6.07) is 0. The van der Waals surface area contributed by atoms with E-state index in [-0.39, 0.29) is 6.10 Å². The first-order valence-corrected chi connectivity index (χ1v) is 7.11. The lowest BCUT2D eigenvalue weighted by molar-refractivity contribution is 0.0707. The maximum absolute atomic E-state index is 5.85. The van der Waals surface area contributed by atoms with Gasteiger partial charge in [-0.05, 0) is 38.1 Å². The van der Waals surface area contributed by atoms with E-state index in [1.54, 1.807) is 6.26 Å². The normalized spacial score (nSPS) is 24.1. The van der Waals surface area contributed by atoms with Crippen molar-refractivity contribution >= 4 is 0 Å². The molecule has 0 bridgehead atoms. The molecule has 1 aromatic rings.